The van der Waals surface area contributed by atoms with Crippen molar-refractivity contribution in [2.24, 2.45) is 0 Å². The van der Waals surface area contributed by atoms with Gasteiger partial charge in [0, 0.05) is 47.8 Å². The van der Waals surface area contributed by atoms with Crippen molar-refractivity contribution in [2.45, 2.75) is 26.4 Å². The van der Waals surface area contributed by atoms with Gasteiger partial charge in [0.15, 0.2) is 0 Å². The number of carbonyl (C=O) groups is 1. The third-order valence-electron chi connectivity index (χ3n) is 7.11. The van der Waals surface area contributed by atoms with Crippen LogP contribution in [0.5, 0.6) is 5.75 Å². The Labute approximate surface area is 249 Å². The first-order chi connectivity index (χ1) is 21.0. The lowest BCUT2D eigenvalue weighted by molar-refractivity contribution is -0.384. The number of ether oxygens (including phenoxy) is 3. The average molecular weight is 582 g/mol. The fourth-order valence-electron chi connectivity index (χ4n) is 4.81. The number of anilines is 2. The van der Waals surface area contributed by atoms with Crippen molar-refractivity contribution < 1.29 is 23.9 Å². The maximum absolute atomic E-state index is 12.7. The Morgan fingerprint density at radius 2 is 2.05 bits per heavy atom. The average Bonchev–Trinajstić information content (AvgIpc) is 3.50. The van der Waals surface area contributed by atoms with Gasteiger partial charge in [0.25, 0.3) is 11.6 Å². The van der Waals surface area contributed by atoms with Gasteiger partial charge in [-0.3, -0.25) is 14.9 Å². The summed E-state index contributed by atoms with van der Waals surface area (Å²) in [6.07, 6.45) is 10.5. The van der Waals surface area contributed by atoms with Crippen molar-refractivity contribution in [3.63, 3.8) is 0 Å². The van der Waals surface area contributed by atoms with Crippen LogP contribution in [0.2, 0.25) is 0 Å². The first kappa shape index (κ1) is 29.4. The van der Waals surface area contributed by atoms with Crippen molar-refractivity contribution in [3.05, 3.63) is 92.7 Å². The number of terminal acetylenes is 1. The van der Waals surface area contributed by atoms with Gasteiger partial charge in [0.1, 0.15) is 12.4 Å². The summed E-state index contributed by atoms with van der Waals surface area (Å²) in [7, 11) is 0. The Bertz CT molecular complexity index is 1640. The molecule has 1 amide bonds. The van der Waals surface area contributed by atoms with E-state index in [1.165, 1.54) is 18.3 Å². The fourth-order valence-corrected chi connectivity index (χ4v) is 4.81. The molecule has 0 unspecified atom stereocenters. The van der Waals surface area contributed by atoms with Crippen molar-refractivity contribution >= 4 is 23.2 Å². The quantitative estimate of drug-likeness (QED) is 0.239. The molecule has 4 heterocycles. The van der Waals surface area contributed by atoms with Gasteiger partial charge in [-0.25, -0.2) is 9.97 Å². The molecular weight excluding hydrogens is 550 g/mol. The maximum Gasteiger partial charge on any atom is 0.279 e. The number of aromatic nitrogens is 2. The Morgan fingerprint density at radius 3 is 2.86 bits per heavy atom. The van der Waals surface area contributed by atoms with E-state index in [0.717, 1.165) is 22.3 Å². The molecule has 6 bridgehead atoms. The molecule has 0 aliphatic carbocycles. The minimum absolute atomic E-state index is 0.203. The first-order valence-electron chi connectivity index (χ1n) is 13.9. The minimum atomic E-state index is -0.519. The highest BCUT2D eigenvalue weighted by atomic mass is 16.6. The predicted octanol–water partition coefficient (Wildman–Crippen LogP) is 5.12. The van der Waals surface area contributed by atoms with Gasteiger partial charge in [-0.1, -0.05) is 12.0 Å². The van der Waals surface area contributed by atoms with E-state index in [2.05, 4.69) is 26.5 Å². The largest absolute Gasteiger partial charge is 0.489 e. The molecule has 0 spiro atoms. The summed E-state index contributed by atoms with van der Waals surface area (Å²) >= 11 is 0. The summed E-state index contributed by atoms with van der Waals surface area (Å²) < 4.78 is 17.8. The molecule has 11 nitrogen and oxygen atoms in total. The second kappa shape index (κ2) is 13.7. The summed E-state index contributed by atoms with van der Waals surface area (Å²) in [5.41, 5.74) is 4.86. The highest BCUT2D eigenvalue weighted by Gasteiger charge is 2.21. The zero-order valence-electron chi connectivity index (χ0n) is 23.7. The maximum atomic E-state index is 12.7. The molecule has 0 fully saturated rings. The monoisotopic (exact) mass is 581 g/mol. The highest BCUT2D eigenvalue weighted by Crippen LogP contribution is 2.31. The standard InChI is InChI=1S/C32H31N5O6/c1-3-21-17-42-20-27(21)22(4-2)19-43-30-10-8-25-15-24(30)18-41-14-6-5-12-33-31(38)23-7-9-26(29(16-23)37(39)40)28-11-13-34-32(35-25)36-28/h1,4,7-11,13,15-16H,5-6,12,14,17-20H2,2H3,(H,33,38)(H,34,35,36)/b22-4-. The Hall–Kier alpha value is -5.05. The minimum Gasteiger partial charge on any atom is -0.489 e. The van der Waals surface area contributed by atoms with Crippen molar-refractivity contribution in [2.75, 3.05) is 38.3 Å². The van der Waals surface area contributed by atoms with E-state index in [0.29, 0.717) is 69.6 Å². The van der Waals surface area contributed by atoms with Crippen molar-refractivity contribution in [3.8, 4) is 29.4 Å². The van der Waals surface area contributed by atoms with Crippen LogP contribution in [0.1, 0.15) is 35.7 Å². The molecule has 1 aromatic heterocycles. The molecule has 3 aliphatic heterocycles. The van der Waals surface area contributed by atoms with Gasteiger partial charge in [0.05, 0.1) is 36.0 Å². The van der Waals surface area contributed by atoms with E-state index in [1.54, 1.807) is 12.1 Å². The Morgan fingerprint density at radius 1 is 1.16 bits per heavy atom. The van der Waals surface area contributed by atoms with E-state index < -0.39 is 4.92 Å². The topological polar surface area (TPSA) is 138 Å². The zero-order chi connectivity index (χ0) is 30.2. The van der Waals surface area contributed by atoms with Gasteiger partial charge < -0.3 is 24.8 Å². The van der Waals surface area contributed by atoms with Crippen LogP contribution in [0.15, 0.2) is 71.5 Å². The smallest absolute Gasteiger partial charge is 0.279 e. The Balaban J connectivity index is 1.44. The number of carbonyl (C=O) groups excluding carboxylic acids is 1. The van der Waals surface area contributed by atoms with E-state index in [9.17, 15) is 14.9 Å². The van der Waals surface area contributed by atoms with Gasteiger partial charge in [-0.05, 0) is 67.3 Å². The summed E-state index contributed by atoms with van der Waals surface area (Å²) in [4.78, 5) is 32.9. The molecule has 220 valence electrons. The van der Waals surface area contributed by atoms with Gasteiger partial charge in [-0.2, -0.15) is 0 Å². The van der Waals surface area contributed by atoms with Crippen LogP contribution in [0.3, 0.4) is 0 Å². The number of benzene rings is 2. The van der Waals surface area contributed by atoms with E-state index in [-0.39, 0.29) is 28.7 Å². The normalized spacial score (nSPS) is 15.9. The van der Waals surface area contributed by atoms with E-state index in [4.69, 9.17) is 20.6 Å². The van der Waals surface area contributed by atoms with Crippen LogP contribution in [0.4, 0.5) is 17.3 Å². The van der Waals surface area contributed by atoms with Crippen molar-refractivity contribution in [1.29, 1.82) is 0 Å². The SMILES string of the molecule is C#CC1=C(/C(=C\C)COc2ccc3cc2COCCCCNC(=O)c2ccc(c([N+](=O)[O-])c2)-c2ccnc(n2)N3)COC1. The Kier molecular flexibility index (Phi) is 9.41. The molecular formula is C32H31N5O6. The number of nitrogens with one attached hydrogen (secondary N) is 2. The van der Waals surface area contributed by atoms with Crippen molar-refractivity contribution in [1.82, 2.24) is 15.3 Å². The van der Waals surface area contributed by atoms with Gasteiger partial charge >= 0.3 is 0 Å². The van der Waals surface area contributed by atoms with Crippen LogP contribution in [-0.2, 0) is 16.1 Å². The third kappa shape index (κ3) is 7.06. The summed E-state index contributed by atoms with van der Waals surface area (Å²) in [6, 6.07) is 11.5. The summed E-state index contributed by atoms with van der Waals surface area (Å²) in [5, 5.41) is 17.9. The van der Waals surface area contributed by atoms with E-state index >= 15 is 0 Å². The van der Waals surface area contributed by atoms with Crippen LogP contribution in [-0.4, -0.2) is 53.8 Å². The van der Waals surface area contributed by atoms with Gasteiger partial charge in [0.2, 0.25) is 5.95 Å². The van der Waals surface area contributed by atoms with Crippen LogP contribution < -0.4 is 15.4 Å². The lowest BCUT2D eigenvalue weighted by atomic mass is 10.0. The number of hydrogen-bond donors (Lipinski definition) is 2. The fraction of sp³-hybridized carbons (Fsp3) is 0.281. The molecule has 0 atom stereocenters. The van der Waals surface area contributed by atoms with Crippen LogP contribution in [0, 0.1) is 22.5 Å². The predicted molar refractivity (Wildman–Crippen MR) is 161 cm³/mol. The second-order valence-corrected chi connectivity index (χ2v) is 9.91. The number of rotatable bonds is 5. The number of amides is 1. The second-order valence-electron chi connectivity index (χ2n) is 9.91. The number of nitro groups is 1. The molecule has 11 heteroatoms. The molecule has 3 aliphatic rings. The molecule has 6 rings (SSSR count). The number of nitrogens with zero attached hydrogens (tertiary/aromatic N) is 3. The number of nitro benzene ring substituents is 1. The summed E-state index contributed by atoms with van der Waals surface area (Å²) in [5.74, 6) is 3.22. The zero-order valence-corrected chi connectivity index (χ0v) is 23.7. The molecule has 43 heavy (non-hydrogen) atoms. The van der Waals surface area contributed by atoms with Gasteiger partial charge in [-0.15, -0.1) is 6.42 Å². The number of fused-ring (bicyclic) bond motifs is 9. The first-order valence-corrected chi connectivity index (χ1v) is 13.9. The van der Waals surface area contributed by atoms with Crippen LogP contribution >= 0.6 is 0 Å². The lowest BCUT2D eigenvalue weighted by Gasteiger charge is -2.16. The molecule has 0 saturated heterocycles. The molecule has 3 aromatic rings. The third-order valence-corrected chi connectivity index (χ3v) is 7.11. The highest BCUT2D eigenvalue weighted by molar-refractivity contribution is 5.96. The molecule has 0 radical (unpaired) electrons. The number of allylic oxidation sites excluding steroid dienone is 1. The molecule has 0 saturated carbocycles. The summed E-state index contributed by atoms with van der Waals surface area (Å²) in [6.45, 7) is 4.29. The molecule has 2 N–H and O–H groups in total. The molecule has 2 aromatic carbocycles. The van der Waals surface area contributed by atoms with Crippen LogP contribution in [0.25, 0.3) is 11.3 Å². The number of hydrogen-bond acceptors (Lipinski definition) is 9. The van der Waals surface area contributed by atoms with E-state index in [1.807, 2.05) is 31.2 Å². The lowest BCUT2D eigenvalue weighted by Crippen LogP contribution is -2.24.